The Hall–Kier alpha value is -2.00. The van der Waals surface area contributed by atoms with E-state index in [9.17, 15) is 5.11 Å². The lowest BCUT2D eigenvalue weighted by molar-refractivity contribution is 0.281. The average molecular weight is 382 g/mol. The highest BCUT2D eigenvalue weighted by atomic mass is 16.5. The number of rotatable bonds is 12. The molecule has 1 aliphatic rings. The van der Waals surface area contributed by atoms with Crippen LogP contribution in [0, 0.1) is 0 Å². The minimum Gasteiger partial charge on any atom is -0.453 e. The standard InChI is InChI=1S/C25H35NO2/c1-2-3-4-5-6-7-8-9-10-13-18-26-22-14-11-12-15-24(22)28-25-17-16-21(20-27)19-23(25)26/h11-12,14-17,19,27H,2-10,13,18,20H2,1H3. The van der Waals surface area contributed by atoms with E-state index < -0.39 is 0 Å². The monoisotopic (exact) mass is 381 g/mol. The highest BCUT2D eigenvalue weighted by molar-refractivity contribution is 5.78. The van der Waals surface area contributed by atoms with Gasteiger partial charge in [-0.15, -0.1) is 0 Å². The van der Waals surface area contributed by atoms with E-state index in [2.05, 4.69) is 30.0 Å². The predicted molar refractivity (Wildman–Crippen MR) is 118 cm³/mol. The average Bonchev–Trinajstić information content (AvgIpc) is 2.74. The summed E-state index contributed by atoms with van der Waals surface area (Å²) in [5, 5.41) is 9.53. The molecule has 0 aliphatic carbocycles. The molecular formula is C25H35NO2. The lowest BCUT2D eigenvalue weighted by atomic mass is 10.1. The number of nitrogens with zero attached hydrogens (tertiary/aromatic N) is 1. The molecule has 0 atom stereocenters. The molecule has 0 spiro atoms. The first-order valence-electron chi connectivity index (χ1n) is 11.1. The van der Waals surface area contributed by atoms with Gasteiger partial charge in [-0.2, -0.15) is 0 Å². The maximum Gasteiger partial charge on any atom is 0.151 e. The normalized spacial score (nSPS) is 12.4. The van der Waals surface area contributed by atoms with E-state index in [0.29, 0.717) is 0 Å². The summed E-state index contributed by atoms with van der Waals surface area (Å²) in [7, 11) is 0. The molecule has 3 heteroatoms. The molecule has 0 radical (unpaired) electrons. The van der Waals surface area contributed by atoms with E-state index in [0.717, 1.165) is 35.0 Å². The lowest BCUT2D eigenvalue weighted by Crippen LogP contribution is -2.22. The largest absolute Gasteiger partial charge is 0.453 e. The van der Waals surface area contributed by atoms with Gasteiger partial charge in [0.15, 0.2) is 11.5 Å². The lowest BCUT2D eigenvalue weighted by Gasteiger charge is -2.33. The zero-order valence-electron chi connectivity index (χ0n) is 17.3. The predicted octanol–water partition coefficient (Wildman–Crippen LogP) is 7.34. The molecule has 0 unspecified atom stereocenters. The summed E-state index contributed by atoms with van der Waals surface area (Å²) in [5.74, 6) is 1.79. The van der Waals surface area contributed by atoms with Crippen LogP contribution in [0.5, 0.6) is 11.5 Å². The topological polar surface area (TPSA) is 32.7 Å². The molecule has 1 aliphatic heterocycles. The van der Waals surface area contributed by atoms with Crippen LogP contribution >= 0.6 is 0 Å². The van der Waals surface area contributed by atoms with Gasteiger partial charge in [0.25, 0.3) is 0 Å². The molecule has 0 saturated carbocycles. The number of para-hydroxylation sites is 2. The van der Waals surface area contributed by atoms with Crippen molar-refractivity contribution < 1.29 is 9.84 Å². The Morgan fingerprint density at radius 1 is 0.750 bits per heavy atom. The van der Waals surface area contributed by atoms with Crippen molar-refractivity contribution in [2.45, 2.75) is 77.7 Å². The highest BCUT2D eigenvalue weighted by Crippen LogP contribution is 2.46. The Labute approximate surface area is 170 Å². The number of hydrogen-bond acceptors (Lipinski definition) is 3. The zero-order chi connectivity index (χ0) is 19.6. The van der Waals surface area contributed by atoms with Gasteiger partial charge in [-0.25, -0.2) is 0 Å². The van der Waals surface area contributed by atoms with Crippen molar-refractivity contribution in [2.75, 3.05) is 11.4 Å². The molecular weight excluding hydrogens is 346 g/mol. The first-order chi connectivity index (χ1) is 13.8. The summed E-state index contributed by atoms with van der Waals surface area (Å²) in [6.07, 6.45) is 13.4. The molecule has 0 bridgehead atoms. The number of anilines is 2. The smallest absolute Gasteiger partial charge is 0.151 e. The van der Waals surface area contributed by atoms with Crippen LogP contribution in [-0.2, 0) is 6.61 Å². The third kappa shape index (κ3) is 5.51. The van der Waals surface area contributed by atoms with E-state index in [1.165, 1.54) is 64.2 Å². The van der Waals surface area contributed by atoms with E-state index >= 15 is 0 Å². The van der Waals surface area contributed by atoms with Crippen molar-refractivity contribution >= 4 is 11.4 Å². The second kappa shape index (κ2) is 11.1. The molecule has 2 aromatic rings. The number of hydrogen-bond donors (Lipinski definition) is 1. The minimum absolute atomic E-state index is 0.0566. The molecule has 0 fully saturated rings. The third-order valence-electron chi connectivity index (χ3n) is 5.61. The molecule has 1 heterocycles. The summed E-state index contributed by atoms with van der Waals surface area (Å²) < 4.78 is 6.08. The van der Waals surface area contributed by atoms with Crippen molar-refractivity contribution in [1.29, 1.82) is 0 Å². The number of ether oxygens (including phenoxy) is 1. The molecule has 2 aromatic carbocycles. The highest BCUT2D eigenvalue weighted by Gasteiger charge is 2.23. The van der Waals surface area contributed by atoms with Gasteiger partial charge >= 0.3 is 0 Å². The number of fused-ring (bicyclic) bond motifs is 2. The van der Waals surface area contributed by atoms with E-state index in [-0.39, 0.29) is 6.61 Å². The molecule has 3 nitrogen and oxygen atoms in total. The zero-order valence-corrected chi connectivity index (χ0v) is 17.3. The van der Waals surface area contributed by atoms with Crippen molar-refractivity contribution in [2.24, 2.45) is 0 Å². The van der Waals surface area contributed by atoms with Gasteiger partial charge in [0.05, 0.1) is 18.0 Å². The van der Waals surface area contributed by atoms with Gasteiger partial charge in [0, 0.05) is 6.54 Å². The SMILES string of the molecule is CCCCCCCCCCCCN1c2ccccc2Oc2ccc(CO)cc21. The van der Waals surface area contributed by atoms with Crippen molar-refractivity contribution in [1.82, 2.24) is 0 Å². The fraction of sp³-hybridized carbons (Fsp3) is 0.520. The van der Waals surface area contributed by atoms with Crippen LogP contribution in [0.25, 0.3) is 0 Å². The second-order valence-corrected chi connectivity index (χ2v) is 7.86. The molecule has 1 N–H and O–H groups in total. The van der Waals surface area contributed by atoms with E-state index in [4.69, 9.17) is 4.74 Å². The van der Waals surface area contributed by atoms with Crippen molar-refractivity contribution in [3.05, 3.63) is 48.0 Å². The van der Waals surface area contributed by atoms with Crippen LogP contribution in [0.3, 0.4) is 0 Å². The second-order valence-electron chi connectivity index (χ2n) is 7.86. The van der Waals surface area contributed by atoms with Crippen LogP contribution < -0.4 is 9.64 Å². The first-order valence-corrected chi connectivity index (χ1v) is 11.1. The number of benzene rings is 2. The van der Waals surface area contributed by atoms with Crippen molar-refractivity contribution in [3.8, 4) is 11.5 Å². The Morgan fingerprint density at radius 2 is 1.39 bits per heavy atom. The van der Waals surface area contributed by atoms with Gasteiger partial charge < -0.3 is 14.7 Å². The fourth-order valence-corrected chi connectivity index (χ4v) is 3.97. The minimum atomic E-state index is 0.0566. The van der Waals surface area contributed by atoms with Gasteiger partial charge in [0.1, 0.15) is 0 Å². The Bertz CT molecular complexity index is 728. The van der Waals surface area contributed by atoms with Crippen LogP contribution in [0.15, 0.2) is 42.5 Å². The summed E-state index contributed by atoms with van der Waals surface area (Å²) in [4.78, 5) is 2.36. The van der Waals surface area contributed by atoms with Crippen LogP contribution in [0.4, 0.5) is 11.4 Å². The maximum atomic E-state index is 9.53. The van der Waals surface area contributed by atoms with E-state index in [1.54, 1.807) is 0 Å². The summed E-state index contributed by atoms with van der Waals surface area (Å²) in [5.41, 5.74) is 3.12. The first kappa shape index (κ1) is 20.7. The molecule has 0 amide bonds. The van der Waals surface area contributed by atoms with E-state index in [1.807, 2.05) is 24.3 Å². The number of aliphatic hydroxyl groups excluding tert-OH is 1. The van der Waals surface area contributed by atoms with Crippen LogP contribution in [0.1, 0.15) is 76.7 Å². The molecule has 152 valence electrons. The molecule has 28 heavy (non-hydrogen) atoms. The van der Waals surface area contributed by atoms with Crippen LogP contribution in [-0.4, -0.2) is 11.7 Å². The Morgan fingerprint density at radius 3 is 2.11 bits per heavy atom. The molecule has 0 aromatic heterocycles. The fourth-order valence-electron chi connectivity index (χ4n) is 3.97. The van der Waals surface area contributed by atoms with Crippen molar-refractivity contribution in [3.63, 3.8) is 0 Å². The Kier molecular flexibility index (Phi) is 8.23. The summed E-state index contributed by atoms with van der Waals surface area (Å²) in [6, 6.07) is 14.2. The van der Waals surface area contributed by atoms with Crippen LogP contribution in [0.2, 0.25) is 0 Å². The molecule has 0 saturated heterocycles. The summed E-state index contributed by atoms with van der Waals surface area (Å²) >= 11 is 0. The van der Waals surface area contributed by atoms with Gasteiger partial charge in [-0.05, 0) is 36.2 Å². The third-order valence-corrected chi connectivity index (χ3v) is 5.61. The number of unbranched alkanes of at least 4 members (excludes halogenated alkanes) is 9. The summed E-state index contributed by atoms with van der Waals surface area (Å²) in [6.45, 7) is 3.32. The Balaban J connectivity index is 1.51. The number of aliphatic hydroxyl groups is 1. The van der Waals surface area contributed by atoms with Gasteiger partial charge in [0.2, 0.25) is 0 Å². The van der Waals surface area contributed by atoms with Gasteiger partial charge in [-0.3, -0.25) is 0 Å². The maximum absolute atomic E-state index is 9.53. The molecule has 3 rings (SSSR count). The van der Waals surface area contributed by atoms with Gasteiger partial charge in [-0.1, -0.05) is 82.9 Å². The quantitative estimate of drug-likeness (QED) is 0.390.